The van der Waals surface area contributed by atoms with Crippen molar-refractivity contribution in [1.82, 2.24) is 14.9 Å². The van der Waals surface area contributed by atoms with E-state index in [4.69, 9.17) is 9.15 Å². The Morgan fingerprint density at radius 3 is 2.51 bits per heavy atom. The molecule has 0 radical (unpaired) electrons. The van der Waals surface area contributed by atoms with Gasteiger partial charge in [-0.2, -0.15) is 0 Å². The number of carbonyl (C=O) groups excluding carboxylic acids is 1. The Balaban J connectivity index is 1.19. The van der Waals surface area contributed by atoms with Gasteiger partial charge in [-0.1, -0.05) is 24.3 Å². The summed E-state index contributed by atoms with van der Waals surface area (Å²) in [4.78, 5) is 24.4. The van der Waals surface area contributed by atoms with Crippen LogP contribution in [0.2, 0.25) is 0 Å². The minimum Gasteiger partial charge on any atom is -0.454 e. The van der Waals surface area contributed by atoms with Crippen LogP contribution >= 0.6 is 0 Å². The van der Waals surface area contributed by atoms with Gasteiger partial charge in [-0.15, -0.1) is 0 Å². The van der Waals surface area contributed by atoms with E-state index in [0.717, 1.165) is 59.3 Å². The number of fused-ring (bicyclic) bond motifs is 3. The highest BCUT2D eigenvalue weighted by Crippen LogP contribution is 2.51. The van der Waals surface area contributed by atoms with Crippen LogP contribution in [0.1, 0.15) is 44.4 Å². The number of likely N-dealkylation sites (tertiary alicyclic amines) is 1. The molecule has 2 aliphatic heterocycles. The summed E-state index contributed by atoms with van der Waals surface area (Å²) in [5.41, 5.74) is 4.44. The fourth-order valence-electron chi connectivity index (χ4n) is 5.87. The summed E-state index contributed by atoms with van der Waals surface area (Å²) in [5.74, 6) is 0.986. The van der Waals surface area contributed by atoms with Crippen molar-refractivity contribution >= 4 is 17.0 Å². The maximum atomic E-state index is 13.5. The van der Waals surface area contributed by atoms with Gasteiger partial charge < -0.3 is 19.2 Å². The third-order valence-electron chi connectivity index (χ3n) is 8.15. The van der Waals surface area contributed by atoms with Crippen LogP contribution in [0.4, 0.5) is 0 Å². The number of rotatable bonds is 5. The van der Waals surface area contributed by atoms with Gasteiger partial charge in [0, 0.05) is 36.1 Å². The highest BCUT2D eigenvalue weighted by atomic mass is 16.5. The minimum absolute atomic E-state index is 0.215. The van der Waals surface area contributed by atoms with E-state index in [2.05, 4.69) is 27.0 Å². The summed E-state index contributed by atoms with van der Waals surface area (Å²) in [6.07, 6.45) is 6.46. The zero-order valence-corrected chi connectivity index (χ0v) is 21.0. The molecule has 7 rings (SSSR count). The molecule has 5 heterocycles. The molecule has 2 bridgehead atoms. The molecule has 2 saturated heterocycles. The number of carbonyl (C=O) groups is 1. The van der Waals surface area contributed by atoms with Crippen LogP contribution in [0.3, 0.4) is 0 Å². The molecule has 1 N–H and O–H groups in total. The number of hydrogen-bond donors (Lipinski definition) is 1. The average Bonchev–Trinajstić information content (AvgIpc) is 3.22. The van der Waals surface area contributed by atoms with Crippen molar-refractivity contribution in [2.24, 2.45) is 0 Å². The highest BCUT2D eigenvalue weighted by molar-refractivity contribution is 5.93. The molecular weight excluding hydrogens is 466 g/mol. The van der Waals surface area contributed by atoms with E-state index in [9.17, 15) is 9.90 Å². The van der Waals surface area contributed by atoms with Crippen LogP contribution in [0.5, 0.6) is 0 Å². The number of ether oxygens (including phenoxy) is 1. The number of aromatic nitrogens is 2. The van der Waals surface area contributed by atoms with Crippen LogP contribution in [-0.4, -0.2) is 51.2 Å². The standard InChI is InChI=1S/C30H29N3O4/c1-29(2,35)26-13-19(7-11-32-26)23-8-12-31-24-15-25(37-27(23)24)18-3-5-20(6-4-18)30(9-10-30)28(34)33-16-22-14-21(33)17-36-22/h3-8,11-13,15,21-22,35H,9-10,14,16-17H2,1-2H3/t21-,22-/m0/s1. The Morgan fingerprint density at radius 1 is 1.05 bits per heavy atom. The largest absolute Gasteiger partial charge is 0.454 e. The van der Waals surface area contributed by atoms with E-state index in [-0.39, 0.29) is 23.5 Å². The van der Waals surface area contributed by atoms with Gasteiger partial charge in [0.15, 0.2) is 5.58 Å². The number of amides is 1. The Morgan fingerprint density at radius 2 is 1.84 bits per heavy atom. The topological polar surface area (TPSA) is 88.7 Å². The molecule has 2 atom stereocenters. The number of nitrogens with zero attached hydrogens (tertiary/aromatic N) is 3. The second-order valence-electron chi connectivity index (χ2n) is 11.1. The average molecular weight is 496 g/mol. The Bertz CT molecular complexity index is 1510. The van der Waals surface area contributed by atoms with Crippen LogP contribution in [0.25, 0.3) is 33.6 Å². The number of benzene rings is 1. The summed E-state index contributed by atoms with van der Waals surface area (Å²) in [7, 11) is 0. The maximum Gasteiger partial charge on any atom is 0.233 e. The van der Waals surface area contributed by atoms with Crippen molar-refractivity contribution in [3.63, 3.8) is 0 Å². The lowest BCUT2D eigenvalue weighted by atomic mass is 9.92. The van der Waals surface area contributed by atoms with Crippen molar-refractivity contribution < 1.29 is 19.1 Å². The van der Waals surface area contributed by atoms with E-state index >= 15 is 0 Å². The molecule has 7 nitrogen and oxygen atoms in total. The molecule has 188 valence electrons. The molecule has 3 aliphatic rings. The molecule has 1 amide bonds. The Labute approximate surface area is 215 Å². The summed E-state index contributed by atoms with van der Waals surface area (Å²) < 4.78 is 12.0. The first-order valence-corrected chi connectivity index (χ1v) is 12.9. The number of pyridine rings is 2. The van der Waals surface area contributed by atoms with E-state index in [1.165, 1.54) is 0 Å². The SMILES string of the molecule is CC(C)(O)c1cc(-c2ccnc3cc(-c4ccc(C5(C(=O)N6C[C@@H]7C[C@H]6CO7)CC5)cc4)oc23)ccn1. The van der Waals surface area contributed by atoms with E-state index in [1.54, 1.807) is 26.2 Å². The van der Waals surface area contributed by atoms with Gasteiger partial charge in [0.25, 0.3) is 0 Å². The van der Waals surface area contributed by atoms with Crippen LogP contribution in [0, 0.1) is 0 Å². The lowest BCUT2D eigenvalue weighted by molar-refractivity contribution is -0.138. The molecule has 1 aliphatic carbocycles. The number of aliphatic hydroxyl groups is 1. The first kappa shape index (κ1) is 22.6. The van der Waals surface area contributed by atoms with Gasteiger partial charge in [-0.3, -0.25) is 14.8 Å². The lowest BCUT2D eigenvalue weighted by Crippen LogP contribution is -2.46. The fraction of sp³-hybridized carbons (Fsp3) is 0.367. The summed E-state index contributed by atoms with van der Waals surface area (Å²) in [6, 6.07) is 16.1. The van der Waals surface area contributed by atoms with Crippen LogP contribution < -0.4 is 0 Å². The minimum atomic E-state index is -1.04. The van der Waals surface area contributed by atoms with Gasteiger partial charge in [0.1, 0.15) is 16.9 Å². The zero-order chi connectivity index (χ0) is 25.4. The monoisotopic (exact) mass is 495 g/mol. The normalized spacial score (nSPS) is 22.1. The molecule has 1 saturated carbocycles. The zero-order valence-electron chi connectivity index (χ0n) is 21.0. The van der Waals surface area contributed by atoms with Gasteiger partial charge in [-0.25, -0.2) is 0 Å². The highest BCUT2D eigenvalue weighted by Gasteiger charge is 2.56. The van der Waals surface area contributed by atoms with Crippen molar-refractivity contribution in [3.05, 3.63) is 72.2 Å². The summed E-state index contributed by atoms with van der Waals surface area (Å²) in [6.45, 7) is 4.84. The Hall–Kier alpha value is -3.55. The molecule has 37 heavy (non-hydrogen) atoms. The van der Waals surface area contributed by atoms with Crippen molar-refractivity contribution in [3.8, 4) is 22.5 Å². The van der Waals surface area contributed by atoms with E-state index < -0.39 is 5.60 Å². The first-order valence-electron chi connectivity index (χ1n) is 12.9. The smallest absolute Gasteiger partial charge is 0.233 e. The van der Waals surface area contributed by atoms with Crippen LogP contribution in [-0.2, 0) is 20.5 Å². The van der Waals surface area contributed by atoms with E-state index in [0.29, 0.717) is 17.9 Å². The summed E-state index contributed by atoms with van der Waals surface area (Å²) in [5, 5.41) is 10.4. The molecule has 1 aromatic carbocycles. The molecule has 4 aromatic rings. The predicted molar refractivity (Wildman–Crippen MR) is 139 cm³/mol. The lowest BCUT2D eigenvalue weighted by Gasteiger charge is -2.31. The molecule has 3 fully saturated rings. The van der Waals surface area contributed by atoms with Crippen molar-refractivity contribution in [2.45, 2.75) is 56.3 Å². The van der Waals surface area contributed by atoms with Crippen molar-refractivity contribution in [1.29, 1.82) is 0 Å². The van der Waals surface area contributed by atoms with Crippen LogP contribution in [0.15, 0.2) is 65.3 Å². The van der Waals surface area contributed by atoms with E-state index in [1.807, 2.05) is 36.4 Å². The third-order valence-corrected chi connectivity index (χ3v) is 8.15. The Kier molecular flexibility index (Phi) is 4.88. The maximum absolute atomic E-state index is 13.5. The number of morpholine rings is 1. The second-order valence-corrected chi connectivity index (χ2v) is 11.1. The number of furan rings is 1. The predicted octanol–water partition coefficient (Wildman–Crippen LogP) is 4.82. The molecular formula is C30H29N3O4. The molecule has 0 spiro atoms. The summed E-state index contributed by atoms with van der Waals surface area (Å²) >= 11 is 0. The fourth-order valence-corrected chi connectivity index (χ4v) is 5.87. The van der Waals surface area contributed by atoms with Gasteiger partial charge in [0.05, 0.1) is 29.9 Å². The third kappa shape index (κ3) is 3.68. The quantitative estimate of drug-likeness (QED) is 0.427. The van der Waals surface area contributed by atoms with Gasteiger partial charge in [-0.05, 0) is 62.4 Å². The number of hydrogen-bond acceptors (Lipinski definition) is 6. The molecule has 7 heteroatoms. The second kappa shape index (κ2) is 7.97. The van der Waals surface area contributed by atoms with Crippen molar-refractivity contribution in [2.75, 3.05) is 13.2 Å². The first-order chi connectivity index (χ1) is 17.8. The van der Waals surface area contributed by atoms with Gasteiger partial charge in [0.2, 0.25) is 5.91 Å². The van der Waals surface area contributed by atoms with Gasteiger partial charge >= 0.3 is 0 Å². The molecule has 0 unspecified atom stereocenters. The molecule has 3 aromatic heterocycles.